The average Bonchev–Trinajstić information content (AvgIpc) is 2.69. The molecule has 1 saturated heterocycles. The summed E-state index contributed by atoms with van der Waals surface area (Å²) < 4.78 is 16.5. The Morgan fingerprint density at radius 3 is 2.43 bits per heavy atom. The zero-order valence-electron chi connectivity index (χ0n) is 20.0. The van der Waals surface area contributed by atoms with Crippen LogP contribution >= 0.6 is 0 Å². The Balaban J connectivity index is 2.53. The van der Waals surface area contributed by atoms with Crippen molar-refractivity contribution in [3.8, 4) is 0 Å². The predicted molar refractivity (Wildman–Crippen MR) is 121 cm³/mol. The zero-order chi connectivity index (χ0) is 22.4. The van der Waals surface area contributed by atoms with E-state index in [0.29, 0.717) is 25.7 Å². The molecular weight excluding hydrogens is 384 g/mol. The molecule has 0 aliphatic carbocycles. The highest BCUT2D eigenvalue weighted by molar-refractivity contribution is 5.80. The maximum Gasteiger partial charge on any atom is 0.410 e. The second kappa shape index (κ2) is 14.5. The fourth-order valence-electron chi connectivity index (χ4n) is 3.28. The first kappa shape index (κ1) is 26.5. The van der Waals surface area contributed by atoms with Gasteiger partial charge in [-0.3, -0.25) is 4.99 Å². The zero-order valence-corrected chi connectivity index (χ0v) is 20.0. The highest BCUT2D eigenvalue weighted by atomic mass is 16.6. The number of piperidine rings is 1. The van der Waals surface area contributed by atoms with Crippen LogP contribution in [0.3, 0.4) is 0 Å². The van der Waals surface area contributed by atoms with E-state index < -0.39 is 5.60 Å². The van der Waals surface area contributed by atoms with Crippen molar-refractivity contribution in [3.05, 3.63) is 0 Å². The van der Waals surface area contributed by atoms with Crippen molar-refractivity contribution in [3.63, 3.8) is 0 Å². The quantitative estimate of drug-likeness (QED) is 0.310. The van der Waals surface area contributed by atoms with Gasteiger partial charge in [-0.15, -0.1) is 0 Å². The number of carbonyl (C=O) groups excluding carboxylic acids is 1. The first-order chi connectivity index (χ1) is 14.3. The summed E-state index contributed by atoms with van der Waals surface area (Å²) in [5.74, 6) is 0.913. The van der Waals surface area contributed by atoms with Gasteiger partial charge in [0, 0.05) is 53.0 Å². The van der Waals surface area contributed by atoms with Gasteiger partial charge in [0.2, 0.25) is 0 Å². The van der Waals surface area contributed by atoms with Gasteiger partial charge in [0.15, 0.2) is 5.96 Å². The molecule has 30 heavy (non-hydrogen) atoms. The second-order valence-electron chi connectivity index (χ2n) is 8.61. The molecule has 0 unspecified atom stereocenters. The number of hydrogen-bond acceptors (Lipinski definition) is 5. The first-order valence-electron chi connectivity index (χ1n) is 11.4. The van der Waals surface area contributed by atoms with Crippen molar-refractivity contribution in [1.29, 1.82) is 0 Å². The number of likely N-dealkylation sites (tertiary alicyclic amines) is 1. The van der Waals surface area contributed by atoms with Gasteiger partial charge in [-0.05, 0) is 53.4 Å². The number of guanidine groups is 1. The summed E-state index contributed by atoms with van der Waals surface area (Å²) in [4.78, 5) is 21.2. The summed E-state index contributed by atoms with van der Waals surface area (Å²) in [5.41, 5.74) is -0.489. The fourth-order valence-corrected chi connectivity index (χ4v) is 3.28. The van der Waals surface area contributed by atoms with Gasteiger partial charge in [0.05, 0.1) is 12.6 Å². The van der Waals surface area contributed by atoms with E-state index in [1.54, 1.807) is 12.0 Å². The first-order valence-corrected chi connectivity index (χ1v) is 11.4. The largest absolute Gasteiger partial charge is 0.444 e. The SMILES string of the molecule is CCCN(CCN=C(NCC)N1CCC(OCCCOC)CC1)C(=O)OC(C)(C)C. The standard InChI is InChI=1S/C22H44N4O4/c1-7-13-26(21(27)30-22(3,4)5)16-12-24-20(23-8-2)25-14-10-19(11-15-25)29-18-9-17-28-6/h19H,7-18H2,1-6H3,(H,23,24). The van der Waals surface area contributed by atoms with Crippen molar-refractivity contribution >= 4 is 12.1 Å². The van der Waals surface area contributed by atoms with Crippen LogP contribution in [0, 0.1) is 0 Å². The molecule has 0 bridgehead atoms. The van der Waals surface area contributed by atoms with Crippen LogP contribution in [0.15, 0.2) is 4.99 Å². The number of ether oxygens (including phenoxy) is 3. The summed E-state index contributed by atoms with van der Waals surface area (Å²) in [6.45, 7) is 15.7. The number of nitrogens with zero attached hydrogens (tertiary/aromatic N) is 3. The molecule has 0 aromatic heterocycles. The summed E-state index contributed by atoms with van der Waals surface area (Å²) in [6.07, 6.45) is 3.87. The number of hydrogen-bond donors (Lipinski definition) is 1. The van der Waals surface area contributed by atoms with Gasteiger partial charge >= 0.3 is 6.09 Å². The van der Waals surface area contributed by atoms with E-state index in [2.05, 4.69) is 24.1 Å². The number of amides is 1. The number of methoxy groups -OCH3 is 1. The monoisotopic (exact) mass is 428 g/mol. The Morgan fingerprint density at radius 2 is 1.87 bits per heavy atom. The molecule has 1 amide bonds. The van der Waals surface area contributed by atoms with E-state index in [-0.39, 0.29) is 6.09 Å². The molecule has 0 saturated carbocycles. The molecule has 176 valence electrons. The van der Waals surface area contributed by atoms with Crippen LogP contribution in [0.2, 0.25) is 0 Å². The number of aliphatic imine (C=N–C) groups is 1. The molecule has 0 atom stereocenters. The Hall–Kier alpha value is -1.54. The fraction of sp³-hybridized carbons (Fsp3) is 0.909. The highest BCUT2D eigenvalue weighted by Crippen LogP contribution is 2.14. The molecule has 1 aliphatic rings. The van der Waals surface area contributed by atoms with E-state index in [0.717, 1.165) is 64.5 Å². The normalized spacial score (nSPS) is 15.9. The molecule has 1 N–H and O–H groups in total. The molecule has 0 radical (unpaired) electrons. The van der Waals surface area contributed by atoms with E-state index in [1.165, 1.54) is 0 Å². The third kappa shape index (κ3) is 11.0. The second-order valence-corrected chi connectivity index (χ2v) is 8.61. The molecular formula is C22H44N4O4. The average molecular weight is 429 g/mol. The van der Waals surface area contributed by atoms with Crippen LogP contribution in [-0.2, 0) is 14.2 Å². The molecule has 1 heterocycles. The third-order valence-electron chi connectivity index (χ3n) is 4.70. The highest BCUT2D eigenvalue weighted by Gasteiger charge is 2.23. The Morgan fingerprint density at radius 1 is 1.17 bits per heavy atom. The van der Waals surface area contributed by atoms with Gasteiger partial charge in [0.1, 0.15) is 5.60 Å². The van der Waals surface area contributed by atoms with Gasteiger partial charge < -0.3 is 29.3 Å². The van der Waals surface area contributed by atoms with Gasteiger partial charge in [-0.2, -0.15) is 0 Å². The van der Waals surface area contributed by atoms with Crippen LogP contribution in [0.1, 0.15) is 60.3 Å². The lowest BCUT2D eigenvalue weighted by molar-refractivity contribution is 0.00983. The minimum atomic E-state index is -0.489. The lowest BCUT2D eigenvalue weighted by Crippen LogP contribution is -2.47. The maximum atomic E-state index is 12.4. The van der Waals surface area contributed by atoms with Gasteiger partial charge in [-0.25, -0.2) is 4.79 Å². The number of rotatable bonds is 11. The van der Waals surface area contributed by atoms with Crippen LogP contribution in [0.5, 0.6) is 0 Å². The van der Waals surface area contributed by atoms with Crippen molar-refractivity contribution < 1.29 is 19.0 Å². The lowest BCUT2D eigenvalue weighted by atomic mass is 10.1. The molecule has 8 nitrogen and oxygen atoms in total. The molecule has 1 aliphatic heterocycles. The van der Waals surface area contributed by atoms with Crippen molar-refractivity contribution in [2.24, 2.45) is 4.99 Å². The number of nitrogens with one attached hydrogen (secondary N) is 1. The molecule has 1 fully saturated rings. The predicted octanol–water partition coefficient (Wildman–Crippen LogP) is 3.12. The van der Waals surface area contributed by atoms with E-state index in [9.17, 15) is 4.79 Å². The Kier molecular flexibility index (Phi) is 12.8. The summed E-state index contributed by atoms with van der Waals surface area (Å²) >= 11 is 0. The van der Waals surface area contributed by atoms with Gasteiger partial charge in [-0.1, -0.05) is 6.92 Å². The molecule has 1 rings (SSSR count). The summed E-state index contributed by atoms with van der Waals surface area (Å²) in [6, 6.07) is 0. The molecule has 0 spiro atoms. The van der Waals surface area contributed by atoms with Gasteiger partial charge in [0.25, 0.3) is 0 Å². The van der Waals surface area contributed by atoms with Crippen LogP contribution in [0.25, 0.3) is 0 Å². The molecule has 0 aromatic rings. The smallest absolute Gasteiger partial charge is 0.410 e. The number of carbonyl (C=O) groups is 1. The van der Waals surface area contributed by atoms with E-state index in [4.69, 9.17) is 19.2 Å². The Bertz CT molecular complexity index is 500. The minimum absolute atomic E-state index is 0.268. The van der Waals surface area contributed by atoms with E-state index in [1.807, 2.05) is 20.8 Å². The van der Waals surface area contributed by atoms with Crippen molar-refractivity contribution in [2.45, 2.75) is 72.0 Å². The van der Waals surface area contributed by atoms with Crippen LogP contribution < -0.4 is 5.32 Å². The Labute approximate surface area is 183 Å². The molecule has 0 aromatic carbocycles. The summed E-state index contributed by atoms with van der Waals surface area (Å²) in [5, 5.41) is 3.38. The van der Waals surface area contributed by atoms with E-state index >= 15 is 0 Å². The van der Waals surface area contributed by atoms with Crippen LogP contribution in [0.4, 0.5) is 4.79 Å². The third-order valence-corrected chi connectivity index (χ3v) is 4.70. The maximum absolute atomic E-state index is 12.4. The van der Waals surface area contributed by atoms with Crippen molar-refractivity contribution in [1.82, 2.24) is 15.1 Å². The van der Waals surface area contributed by atoms with Crippen LogP contribution in [-0.4, -0.2) is 93.1 Å². The topological polar surface area (TPSA) is 75.6 Å². The minimum Gasteiger partial charge on any atom is -0.444 e. The summed E-state index contributed by atoms with van der Waals surface area (Å²) in [7, 11) is 1.72. The lowest BCUT2D eigenvalue weighted by Gasteiger charge is -2.34. The van der Waals surface area contributed by atoms with Crippen molar-refractivity contribution in [2.75, 3.05) is 59.6 Å². The molecule has 8 heteroatoms.